The summed E-state index contributed by atoms with van der Waals surface area (Å²) in [6, 6.07) is 8.37. The van der Waals surface area contributed by atoms with Crippen molar-refractivity contribution in [1.82, 2.24) is 4.57 Å². The quantitative estimate of drug-likeness (QED) is 0.302. The van der Waals surface area contributed by atoms with E-state index in [1.165, 1.54) is 28.8 Å². The van der Waals surface area contributed by atoms with Crippen LogP contribution in [0.15, 0.2) is 45.6 Å². The van der Waals surface area contributed by atoms with E-state index < -0.39 is 29.2 Å². The van der Waals surface area contributed by atoms with Gasteiger partial charge < -0.3 is 14.5 Å². The number of nitro groups is 1. The van der Waals surface area contributed by atoms with E-state index in [1.54, 1.807) is 6.07 Å². The van der Waals surface area contributed by atoms with Crippen LogP contribution < -0.4 is 11.1 Å². The largest absolute Gasteiger partial charge is 0.456 e. The molecule has 1 amide bonds. The molecule has 0 aliphatic carbocycles. The molecule has 1 aromatic heterocycles. The molecule has 1 heterocycles. The van der Waals surface area contributed by atoms with Crippen LogP contribution in [0.5, 0.6) is 0 Å². The van der Waals surface area contributed by atoms with Crippen LogP contribution in [0, 0.1) is 10.1 Å². The highest BCUT2D eigenvalue weighted by atomic mass is 35.5. The Morgan fingerprint density at radius 3 is 2.71 bits per heavy atom. The Labute approximate surface area is 184 Å². The lowest BCUT2D eigenvalue weighted by atomic mass is 10.2. The number of oxazole rings is 1. The molecule has 10 nitrogen and oxygen atoms in total. The summed E-state index contributed by atoms with van der Waals surface area (Å²) in [4.78, 5) is 46.0. The van der Waals surface area contributed by atoms with Crippen molar-refractivity contribution in [2.75, 3.05) is 11.9 Å². The summed E-state index contributed by atoms with van der Waals surface area (Å²) in [5.74, 6) is -1.92. The monoisotopic (exact) mass is 467 g/mol. The van der Waals surface area contributed by atoms with E-state index in [-0.39, 0.29) is 35.7 Å². The minimum Gasteiger partial charge on any atom is -0.456 e. The Bertz CT molecular complexity index is 1220. The summed E-state index contributed by atoms with van der Waals surface area (Å²) < 4.78 is 11.2. The van der Waals surface area contributed by atoms with E-state index >= 15 is 0 Å². The lowest BCUT2D eigenvalue weighted by molar-refractivity contribution is -0.384. The highest BCUT2D eigenvalue weighted by Gasteiger charge is 2.15. The van der Waals surface area contributed by atoms with E-state index in [0.717, 1.165) is 6.07 Å². The number of hydrogen-bond donors (Lipinski definition) is 1. The van der Waals surface area contributed by atoms with Crippen molar-refractivity contribution in [2.24, 2.45) is 0 Å². The molecule has 0 unspecified atom stereocenters. The number of carbonyl (C=O) groups is 2. The van der Waals surface area contributed by atoms with Crippen molar-refractivity contribution in [3.8, 4) is 0 Å². The van der Waals surface area contributed by atoms with E-state index in [4.69, 9.17) is 32.4 Å². The summed E-state index contributed by atoms with van der Waals surface area (Å²) in [5, 5.41) is 14.0. The normalized spacial score (nSPS) is 10.8. The number of halogens is 2. The average molecular weight is 468 g/mol. The van der Waals surface area contributed by atoms with Crippen molar-refractivity contribution < 1.29 is 23.7 Å². The molecule has 162 valence electrons. The molecule has 0 spiro atoms. The first kappa shape index (κ1) is 22.3. The minimum absolute atomic E-state index is 0.0582. The topological polar surface area (TPSA) is 134 Å². The standard InChI is InChI=1S/C19H15Cl2N3O7/c20-11-3-5-13(21)14(8-11)22-17(25)10-30-18(26)2-1-7-23-15-6-4-12(24(28)29)9-16(15)31-19(23)27/h3-6,8-9H,1-2,7,10H2,(H,22,25). The van der Waals surface area contributed by atoms with Gasteiger partial charge in [0.2, 0.25) is 0 Å². The van der Waals surface area contributed by atoms with Gasteiger partial charge in [-0.25, -0.2) is 4.79 Å². The number of ether oxygens (including phenoxy) is 1. The SMILES string of the molecule is O=C(COC(=O)CCCn1c(=O)oc2cc([N+](=O)[O-])ccc21)Nc1cc(Cl)ccc1Cl. The maximum atomic E-state index is 12.0. The van der Waals surface area contributed by atoms with Gasteiger partial charge in [0.15, 0.2) is 12.2 Å². The van der Waals surface area contributed by atoms with Crippen LogP contribution in [0.1, 0.15) is 12.8 Å². The van der Waals surface area contributed by atoms with Gasteiger partial charge in [-0.15, -0.1) is 0 Å². The Kier molecular flexibility index (Phi) is 6.93. The number of hydrogen-bond acceptors (Lipinski definition) is 7. The molecule has 0 fully saturated rings. The number of anilines is 1. The number of rotatable bonds is 8. The smallest absolute Gasteiger partial charge is 0.419 e. The fourth-order valence-electron chi connectivity index (χ4n) is 2.76. The maximum absolute atomic E-state index is 12.0. The fraction of sp³-hybridized carbons (Fsp3) is 0.211. The molecule has 12 heteroatoms. The van der Waals surface area contributed by atoms with Crippen LogP contribution in [-0.2, 0) is 20.9 Å². The van der Waals surface area contributed by atoms with E-state index in [2.05, 4.69) is 5.32 Å². The number of carbonyl (C=O) groups excluding carboxylic acids is 2. The summed E-state index contributed by atoms with van der Waals surface area (Å²) in [6.07, 6.45) is 0.170. The minimum atomic E-state index is -0.693. The van der Waals surface area contributed by atoms with Crippen LogP contribution in [0.25, 0.3) is 11.1 Å². The van der Waals surface area contributed by atoms with Gasteiger partial charge in [0.05, 0.1) is 27.2 Å². The van der Waals surface area contributed by atoms with Gasteiger partial charge in [-0.05, 0) is 30.7 Å². The molecule has 3 rings (SSSR count). The van der Waals surface area contributed by atoms with Crippen molar-refractivity contribution in [3.63, 3.8) is 0 Å². The first-order valence-corrected chi connectivity index (χ1v) is 9.68. The summed E-state index contributed by atoms with van der Waals surface area (Å²) in [5.41, 5.74) is 0.552. The molecule has 2 aromatic carbocycles. The first-order valence-electron chi connectivity index (χ1n) is 8.93. The molecule has 0 saturated carbocycles. The molecule has 0 aliphatic heterocycles. The first-order chi connectivity index (χ1) is 14.7. The zero-order valence-corrected chi connectivity index (χ0v) is 17.3. The summed E-state index contributed by atoms with van der Waals surface area (Å²) in [7, 11) is 0. The Morgan fingerprint density at radius 1 is 1.19 bits per heavy atom. The van der Waals surface area contributed by atoms with Crippen LogP contribution in [0.2, 0.25) is 10.0 Å². The van der Waals surface area contributed by atoms with Crippen LogP contribution in [-0.4, -0.2) is 28.0 Å². The molecular formula is C19H15Cl2N3O7. The maximum Gasteiger partial charge on any atom is 0.419 e. The summed E-state index contributed by atoms with van der Waals surface area (Å²) >= 11 is 11.8. The second kappa shape index (κ2) is 9.63. The van der Waals surface area contributed by atoms with E-state index in [9.17, 15) is 24.5 Å². The Hall–Kier alpha value is -3.37. The molecule has 0 aliphatic rings. The number of nitrogens with one attached hydrogen (secondary N) is 1. The van der Waals surface area contributed by atoms with Gasteiger partial charge in [0.25, 0.3) is 11.6 Å². The number of non-ortho nitro benzene ring substituents is 1. The molecule has 1 N–H and O–H groups in total. The number of aryl methyl sites for hydroxylation is 1. The number of nitro benzene ring substituents is 1. The lowest BCUT2D eigenvalue weighted by Crippen LogP contribution is -2.21. The second-order valence-electron chi connectivity index (χ2n) is 6.37. The summed E-state index contributed by atoms with van der Waals surface area (Å²) in [6.45, 7) is -0.386. The van der Waals surface area contributed by atoms with Gasteiger partial charge >= 0.3 is 11.7 Å². The number of benzene rings is 2. The Morgan fingerprint density at radius 2 is 1.97 bits per heavy atom. The van der Waals surface area contributed by atoms with Gasteiger partial charge in [0.1, 0.15) is 0 Å². The molecule has 0 saturated heterocycles. The van der Waals surface area contributed by atoms with Crippen molar-refractivity contribution in [2.45, 2.75) is 19.4 Å². The van der Waals surface area contributed by atoms with Gasteiger partial charge in [-0.2, -0.15) is 0 Å². The third kappa shape index (κ3) is 5.62. The number of esters is 1. The molecule has 31 heavy (non-hydrogen) atoms. The number of amides is 1. The average Bonchev–Trinajstić information content (AvgIpc) is 3.03. The van der Waals surface area contributed by atoms with Crippen LogP contribution >= 0.6 is 23.2 Å². The van der Waals surface area contributed by atoms with Gasteiger partial charge in [0, 0.05) is 24.1 Å². The third-order valence-corrected chi connectivity index (χ3v) is 4.76. The predicted octanol–water partition coefficient (Wildman–Crippen LogP) is 3.77. The van der Waals surface area contributed by atoms with Crippen molar-refractivity contribution >= 4 is 57.6 Å². The molecule has 0 bridgehead atoms. The highest BCUT2D eigenvalue weighted by molar-refractivity contribution is 6.35. The van der Waals surface area contributed by atoms with Gasteiger partial charge in [-0.3, -0.25) is 24.3 Å². The number of fused-ring (bicyclic) bond motifs is 1. The van der Waals surface area contributed by atoms with Crippen LogP contribution in [0.3, 0.4) is 0 Å². The predicted molar refractivity (Wildman–Crippen MR) is 112 cm³/mol. The molecular weight excluding hydrogens is 453 g/mol. The van der Waals surface area contributed by atoms with Crippen LogP contribution in [0.4, 0.5) is 11.4 Å². The zero-order valence-electron chi connectivity index (χ0n) is 15.8. The van der Waals surface area contributed by atoms with Crippen molar-refractivity contribution in [3.05, 3.63) is 67.1 Å². The van der Waals surface area contributed by atoms with Gasteiger partial charge in [-0.1, -0.05) is 23.2 Å². The highest BCUT2D eigenvalue weighted by Crippen LogP contribution is 2.25. The van der Waals surface area contributed by atoms with Crippen molar-refractivity contribution in [1.29, 1.82) is 0 Å². The third-order valence-electron chi connectivity index (χ3n) is 4.19. The van der Waals surface area contributed by atoms with E-state index in [0.29, 0.717) is 16.2 Å². The number of aromatic nitrogens is 1. The fourth-order valence-corrected chi connectivity index (χ4v) is 3.10. The van der Waals surface area contributed by atoms with E-state index in [1.807, 2.05) is 0 Å². The Balaban J connectivity index is 1.49. The zero-order chi connectivity index (χ0) is 22.5. The molecule has 3 aromatic rings. The molecule has 0 atom stereocenters. The molecule has 0 radical (unpaired) electrons. The number of nitrogens with zero attached hydrogens (tertiary/aromatic N) is 2. The second-order valence-corrected chi connectivity index (χ2v) is 7.21. The lowest BCUT2D eigenvalue weighted by Gasteiger charge is -2.08.